The number of methoxy groups -OCH3 is 1. The molecule has 8 heteroatoms. The van der Waals surface area contributed by atoms with Gasteiger partial charge in [0.1, 0.15) is 5.75 Å². The average Bonchev–Trinajstić information content (AvgIpc) is 3.16. The van der Waals surface area contributed by atoms with Gasteiger partial charge in [0.25, 0.3) is 0 Å². The molecule has 0 aliphatic rings. The molecule has 0 saturated carbocycles. The maximum absolute atomic E-state index is 12.2. The quantitative estimate of drug-likeness (QED) is 0.587. The largest absolute Gasteiger partial charge is 0.497 e. The van der Waals surface area contributed by atoms with Gasteiger partial charge in [-0.15, -0.1) is 10.2 Å². The van der Waals surface area contributed by atoms with Crippen molar-refractivity contribution in [1.29, 1.82) is 0 Å². The van der Waals surface area contributed by atoms with Crippen molar-refractivity contribution in [2.75, 3.05) is 12.9 Å². The minimum absolute atomic E-state index is 0.0231. The Morgan fingerprint density at radius 2 is 2.04 bits per heavy atom. The van der Waals surface area contributed by atoms with Crippen LogP contribution in [0.3, 0.4) is 0 Å². The second-order valence-electron chi connectivity index (χ2n) is 6.24. The first kappa shape index (κ1) is 19.9. The van der Waals surface area contributed by atoms with E-state index >= 15 is 0 Å². The van der Waals surface area contributed by atoms with Gasteiger partial charge < -0.3 is 10.1 Å². The lowest BCUT2D eigenvalue weighted by Crippen LogP contribution is -2.33. The zero-order valence-corrected chi connectivity index (χ0v) is 16.9. The molecular weight excluding hydrogens is 374 g/mol. The molecule has 0 aliphatic carbocycles. The highest BCUT2D eigenvalue weighted by Gasteiger charge is 2.18. The van der Waals surface area contributed by atoms with Gasteiger partial charge >= 0.3 is 0 Å². The number of nitrogens with one attached hydrogen (secondary N) is 1. The van der Waals surface area contributed by atoms with Crippen molar-refractivity contribution >= 4 is 17.7 Å². The number of carbonyl (C=O) groups excluding carboxylic acids is 1. The molecule has 3 aromatic rings. The molecule has 146 valence electrons. The van der Waals surface area contributed by atoms with Gasteiger partial charge in [-0.2, -0.15) is 0 Å². The number of rotatable bonds is 8. The van der Waals surface area contributed by atoms with E-state index in [1.807, 2.05) is 54.8 Å². The zero-order chi connectivity index (χ0) is 19.9. The number of ether oxygens (including phenoxy) is 1. The maximum atomic E-state index is 12.2. The molecule has 0 radical (unpaired) electrons. The fraction of sp³-hybridized carbons (Fsp3) is 0.300. The van der Waals surface area contributed by atoms with Gasteiger partial charge in [0, 0.05) is 30.1 Å². The monoisotopic (exact) mass is 397 g/mol. The Balaban J connectivity index is 1.94. The van der Waals surface area contributed by atoms with Crippen LogP contribution in [0.2, 0.25) is 0 Å². The molecule has 7 nitrogen and oxygen atoms in total. The van der Waals surface area contributed by atoms with E-state index < -0.39 is 0 Å². The van der Waals surface area contributed by atoms with Gasteiger partial charge in [-0.1, -0.05) is 24.8 Å². The van der Waals surface area contributed by atoms with Gasteiger partial charge in [0.2, 0.25) is 5.91 Å². The Kier molecular flexibility index (Phi) is 6.65. The summed E-state index contributed by atoms with van der Waals surface area (Å²) in [7, 11) is 1.63. The number of thioether (sulfide) groups is 1. The second kappa shape index (κ2) is 9.36. The maximum Gasteiger partial charge on any atom is 0.230 e. The summed E-state index contributed by atoms with van der Waals surface area (Å²) in [6, 6.07) is 11.6. The number of nitrogens with zero attached hydrogens (tertiary/aromatic N) is 4. The fourth-order valence-corrected chi connectivity index (χ4v) is 3.35. The predicted octanol–water partition coefficient (Wildman–Crippen LogP) is 3.34. The van der Waals surface area contributed by atoms with Crippen molar-refractivity contribution in [3.63, 3.8) is 0 Å². The third kappa shape index (κ3) is 4.69. The van der Waals surface area contributed by atoms with Crippen LogP contribution in [0.15, 0.2) is 53.9 Å². The summed E-state index contributed by atoms with van der Waals surface area (Å²) in [5, 5.41) is 12.3. The molecule has 0 unspecified atom stereocenters. The molecule has 0 bridgehead atoms. The number of hydrogen-bond acceptors (Lipinski definition) is 6. The van der Waals surface area contributed by atoms with Gasteiger partial charge in [-0.05, 0) is 37.6 Å². The molecule has 2 aromatic heterocycles. The van der Waals surface area contributed by atoms with Crippen LogP contribution in [0.5, 0.6) is 5.75 Å². The number of aromatic nitrogens is 4. The van der Waals surface area contributed by atoms with E-state index in [9.17, 15) is 4.79 Å². The Bertz CT molecular complexity index is 929. The number of hydrogen-bond donors (Lipinski definition) is 1. The van der Waals surface area contributed by atoms with Crippen molar-refractivity contribution in [2.45, 2.75) is 31.5 Å². The van der Waals surface area contributed by atoms with E-state index in [0.29, 0.717) is 11.0 Å². The molecule has 1 amide bonds. The first-order valence-electron chi connectivity index (χ1n) is 9.04. The fourth-order valence-electron chi connectivity index (χ4n) is 2.58. The van der Waals surface area contributed by atoms with E-state index in [4.69, 9.17) is 4.74 Å². The molecular formula is C20H23N5O2S. The number of amides is 1. The molecule has 0 saturated heterocycles. The Morgan fingerprint density at radius 1 is 1.25 bits per heavy atom. The van der Waals surface area contributed by atoms with Crippen LogP contribution in [0.25, 0.3) is 17.1 Å². The topological polar surface area (TPSA) is 81.9 Å². The summed E-state index contributed by atoms with van der Waals surface area (Å²) in [6.07, 6.45) is 4.32. The average molecular weight is 398 g/mol. The standard InChI is InChI=1S/C20H23N5O2S/c1-4-14(2)22-18(26)13-28-20-24-23-19(15-8-10-21-11-9-15)25(20)16-6-5-7-17(12-16)27-3/h5-12,14H,4,13H2,1-3H3,(H,22,26)/t14-/m1/s1. The van der Waals surface area contributed by atoms with Gasteiger partial charge in [-0.3, -0.25) is 14.3 Å². The molecule has 1 aromatic carbocycles. The van der Waals surface area contributed by atoms with Crippen LogP contribution in [-0.2, 0) is 4.79 Å². The molecule has 2 heterocycles. The lowest BCUT2D eigenvalue weighted by atomic mass is 10.2. The summed E-state index contributed by atoms with van der Waals surface area (Å²) in [4.78, 5) is 16.3. The first-order chi connectivity index (χ1) is 13.6. The first-order valence-corrected chi connectivity index (χ1v) is 10.0. The number of benzene rings is 1. The van der Waals surface area contributed by atoms with E-state index in [0.717, 1.165) is 23.4 Å². The van der Waals surface area contributed by atoms with Crippen molar-refractivity contribution in [2.24, 2.45) is 0 Å². The lowest BCUT2D eigenvalue weighted by Gasteiger charge is -2.13. The number of carbonyl (C=O) groups is 1. The highest BCUT2D eigenvalue weighted by molar-refractivity contribution is 7.99. The third-order valence-electron chi connectivity index (χ3n) is 4.24. The summed E-state index contributed by atoms with van der Waals surface area (Å²) < 4.78 is 7.29. The van der Waals surface area contributed by atoms with E-state index in [2.05, 4.69) is 20.5 Å². The van der Waals surface area contributed by atoms with Crippen LogP contribution >= 0.6 is 11.8 Å². The van der Waals surface area contributed by atoms with E-state index in [1.165, 1.54) is 11.8 Å². The predicted molar refractivity (Wildman–Crippen MR) is 110 cm³/mol. The van der Waals surface area contributed by atoms with Crippen LogP contribution in [-0.4, -0.2) is 44.6 Å². The minimum atomic E-state index is -0.0231. The lowest BCUT2D eigenvalue weighted by molar-refractivity contribution is -0.119. The van der Waals surface area contributed by atoms with Crippen molar-refractivity contribution < 1.29 is 9.53 Å². The Labute approximate surface area is 168 Å². The highest BCUT2D eigenvalue weighted by Crippen LogP contribution is 2.29. The highest BCUT2D eigenvalue weighted by atomic mass is 32.2. The molecule has 3 rings (SSSR count). The van der Waals surface area contributed by atoms with Crippen LogP contribution in [0, 0.1) is 0 Å². The minimum Gasteiger partial charge on any atom is -0.497 e. The molecule has 0 aliphatic heterocycles. The normalized spacial score (nSPS) is 11.8. The zero-order valence-electron chi connectivity index (χ0n) is 16.1. The molecule has 0 fully saturated rings. The molecule has 28 heavy (non-hydrogen) atoms. The summed E-state index contributed by atoms with van der Waals surface area (Å²) in [5.74, 6) is 1.66. The molecule has 1 N–H and O–H groups in total. The van der Waals surface area contributed by atoms with Gasteiger partial charge in [0.05, 0.1) is 18.6 Å². The molecule has 0 spiro atoms. The van der Waals surface area contributed by atoms with Gasteiger partial charge in [-0.25, -0.2) is 0 Å². The second-order valence-corrected chi connectivity index (χ2v) is 7.19. The van der Waals surface area contributed by atoms with Crippen LogP contribution in [0.4, 0.5) is 0 Å². The Morgan fingerprint density at radius 3 is 2.75 bits per heavy atom. The third-order valence-corrected chi connectivity index (χ3v) is 5.16. The van der Waals surface area contributed by atoms with Crippen LogP contribution in [0.1, 0.15) is 20.3 Å². The van der Waals surface area contributed by atoms with Crippen molar-refractivity contribution in [3.8, 4) is 22.8 Å². The van der Waals surface area contributed by atoms with Crippen molar-refractivity contribution in [1.82, 2.24) is 25.1 Å². The summed E-state index contributed by atoms with van der Waals surface area (Å²) in [6.45, 7) is 4.03. The smallest absolute Gasteiger partial charge is 0.230 e. The van der Waals surface area contributed by atoms with Crippen molar-refractivity contribution in [3.05, 3.63) is 48.8 Å². The number of pyridine rings is 1. The Hall–Kier alpha value is -2.87. The summed E-state index contributed by atoms with van der Waals surface area (Å²) in [5.41, 5.74) is 1.75. The van der Waals surface area contributed by atoms with Gasteiger partial charge in [0.15, 0.2) is 11.0 Å². The molecule has 1 atom stereocenters. The summed E-state index contributed by atoms with van der Waals surface area (Å²) >= 11 is 1.35. The van der Waals surface area contributed by atoms with E-state index in [-0.39, 0.29) is 17.7 Å². The van der Waals surface area contributed by atoms with Crippen LogP contribution < -0.4 is 10.1 Å². The SMILES string of the molecule is CC[C@@H](C)NC(=O)CSc1nnc(-c2ccncc2)n1-c1cccc(OC)c1. The van der Waals surface area contributed by atoms with E-state index in [1.54, 1.807) is 19.5 Å².